The molecule has 1 amide bonds. The highest BCUT2D eigenvalue weighted by Gasteiger charge is 2.00. The van der Waals surface area contributed by atoms with E-state index in [0.29, 0.717) is 12.2 Å². The van der Waals surface area contributed by atoms with Crippen LogP contribution >= 0.6 is 0 Å². The van der Waals surface area contributed by atoms with E-state index in [9.17, 15) is 9.59 Å². The van der Waals surface area contributed by atoms with Crippen LogP contribution in [-0.4, -0.2) is 10.5 Å². The van der Waals surface area contributed by atoms with Crippen LogP contribution in [0, 0.1) is 0 Å². The topological polar surface area (TPSA) is 51.1 Å². The molecule has 0 aliphatic carbocycles. The van der Waals surface area contributed by atoms with Crippen LogP contribution in [0.4, 0.5) is 5.69 Å². The first-order chi connectivity index (χ1) is 8.67. The van der Waals surface area contributed by atoms with E-state index in [1.54, 1.807) is 29.0 Å². The lowest BCUT2D eigenvalue weighted by atomic mass is 10.3. The number of carbonyl (C=O) groups excluding carboxylic acids is 1. The Morgan fingerprint density at radius 1 is 1.39 bits per heavy atom. The van der Waals surface area contributed by atoms with Crippen LogP contribution in [0.5, 0.6) is 0 Å². The SMILES string of the molecule is CC=CC=CC(=O)Nc1ccc(=O)n(CCC)c1. The van der Waals surface area contributed by atoms with Gasteiger partial charge in [-0.25, -0.2) is 0 Å². The van der Waals surface area contributed by atoms with Gasteiger partial charge in [0.05, 0.1) is 5.69 Å². The maximum Gasteiger partial charge on any atom is 0.250 e. The molecule has 0 spiro atoms. The zero-order valence-corrected chi connectivity index (χ0v) is 10.7. The van der Waals surface area contributed by atoms with Gasteiger partial charge in [-0.3, -0.25) is 9.59 Å². The molecule has 1 N–H and O–H groups in total. The molecule has 4 heteroatoms. The van der Waals surface area contributed by atoms with Crippen molar-refractivity contribution >= 4 is 11.6 Å². The number of aryl methyl sites for hydroxylation is 1. The fourth-order valence-corrected chi connectivity index (χ4v) is 1.46. The molecule has 0 saturated carbocycles. The summed E-state index contributed by atoms with van der Waals surface area (Å²) in [5.74, 6) is -0.213. The Labute approximate surface area is 107 Å². The molecule has 1 aromatic rings. The van der Waals surface area contributed by atoms with Gasteiger partial charge in [0.15, 0.2) is 0 Å². The second-order valence-corrected chi connectivity index (χ2v) is 3.82. The van der Waals surface area contributed by atoms with Crippen molar-refractivity contribution < 1.29 is 4.79 Å². The lowest BCUT2D eigenvalue weighted by Gasteiger charge is -2.07. The van der Waals surface area contributed by atoms with Crippen LogP contribution in [0.25, 0.3) is 0 Å². The molecule has 0 bridgehead atoms. The molecule has 1 rings (SSSR count). The summed E-state index contributed by atoms with van der Waals surface area (Å²) in [6, 6.07) is 3.07. The summed E-state index contributed by atoms with van der Waals surface area (Å²) in [7, 11) is 0. The van der Waals surface area contributed by atoms with Gasteiger partial charge in [-0.1, -0.05) is 25.2 Å². The molecule has 0 aliphatic rings. The molecule has 18 heavy (non-hydrogen) atoms. The fourth-order valence-electron chi connectivity index (χ4n) is 1.46. The number of hydrogen-bond acceptors (Lipinski definition) is 2. The van der Waals surface area contributed by atoms with Crippen LogP contribution in [0.1, 0.15) is 20.3 Å². The minimum Gasteiger partial charge on any atom is -0.321 e. The predicted octanol–water partition coefficient (Wildman–Crippen LogP) is 2.33. The van der Waals surface area contributed by atoms with E-state index in [0.717, 1.165) is 6.42 Å². The Bertz CT molecular complexity index is 513. The minimum atomic E-state index is -0.213. The molecule has 1 heterocycles. The lowest BCUT2D eigenvalue weighted by Crippen LogP contribution is -2.19. The smallest absolute Gasteiger partial charge is 0.250 e. The number of hydrogen-bond donors (Lipinski definition) is 1. The molecular weight excluding hydrogens is 228 g/mol. The number of rotatable bonds is 5. The van der Waals surface area contributed by atoms with E-state index in [2.05, 4.69) is 5.32 Å². The van der Waals surface area contributed by atoms with Gasteiger partial charge in [0.2, 0.25) is 5.91 Å². The number of aromatic nitrogens is 1. The number of amides is 1. The van der Waals surface area contributed by atoms with Crippen molar-refractivity contribution in [1.29, 1.82) is 0 Å². The van der Waals surface area contributed by atoms with E-state index in [4.69, 9.17) is 0 Å². The second kappa shape index (κ2) is 7.27. The highest BCUT2D eigenvalue weighted by molar-refractivity contribution is 5.99. The zero-order chi connectivity index (χ0) is 13.4. The van der Waals surface area contributed by atoms with Gasteiger partial charge >= 0.3 is 0 Å². The third-order valence-corrected chi connectivity index (χ3v) is 2.27. The monoisotopic (exact) mass is 246 g/mol. The molecule has 0 saturated heterocycles. The number of nitrogens with one attached hydrogen (secondary N) is 1. The van der Waals surface area contributed by atoms with E-state index in [-0.39, 0.29) is 11.5 Å². The van der Waals surface area contributed by atoms with Crippen molar-refractivity contribution in [1.82, 2.24) is 4.57 Å². The normalized spacial score (nSPS) is 11.2. The van der Waals surface area contributed by atoms with Gasteiger partial charge in [-0.15, -0.1) is 0 Å². The first kappa shape index (κ1) is 14.0. The number of anilines is 1. The Balaban J connectivity index is 2.76. The number of allylic oxidation sites excluding steroid dienone is 3. The van der Waals surface area contributed by atoms with Crippen molar-refractivity contribution in [2.75, 3.05) is 5.32 Å². The number of nitrogens with zero attached hydrogens (tertiary/aromatic N) is 1. The van der Waals surface area contributed by atoms with Crippen LogP contribution in [0.15, 0.2) is 47.4 Å². The Hall–Kier alpha value is -2.10. The largest absolute Gasteiger partial charge is 0.321 e. The summed E-state index contributed by atoms with van der Waals surface area (Å²) in [4.78, 5) is 23.0. The van der Waals surface area contributed by atoms with Gasteiger partial charge in [0, 0.05) is 24.9 Å². The summed E-state index contributed by atoms with van der Waals surface area (Å²) in [5.41, 5.74) is 0.567. The molecule has 0 radical (unpaired) electrons. The summed E-state index contributed by atoms with van der Waals surface area (Å²) >= 11 is 0. The molecule has 96 valence electrons. The van der Waals surface area contributed by atoms with Crippen molar-refractivity contribution in [3.05, 3.63) is 53.0 Å². The van der Waals surface area contributed by atoms with Crippen LogP contribution in [-0.2, 0) is 11.3 Å². The van der Waals surface area contributed by atoms with Crippen LogP contribution in [0.2, 0.25) is 0 Å². The van der Waals surface area contributed by atoms with Gasteiger partial charge in [0.25, 0.3) is 5.56 Å². The number of pyridine rings is 1. The summed E-state index contributed by atoms with van der Waals surface area (Å²) in [6.45, 7) is 4.53. The van der Waals surface area contributed by atoms with Crippen molar-refractivity contribution in [3.63, 3.8) is 0 Å². The quantitative estimate of drug-likeness (QED) is 0.640. The minimum absolute atomic E-state index is 0.0562. The average molecular weight is 246 g/mol. The summed E-state index contributed by atoms with van der Waals surface area (Å²) in [6.07, 6.45) is 9.25. The molecule has 0 atom stereocenters. The third kappa shape index (κ3) is 4.41. The van der Waals surface area contributed by atoms with Gasteiger partial charge < -0.3 is 9.88 Å². The third-order valence-electron chi connectivity index (χ3n) is 2.27. The average Bonchev–Trinajstić information content (AvgIpc) is 2.34. The van der Waals surface area contributed by atoms with Gasteiger partial charge in [-0.2, -0.15) is 0 Å². The molecule has 0 aromatic carbocycles. The molecule has 1 aromatic heterocycles. The van der Waals surface area contributed by atoms with E-state index < -0.39 is 0 Å². The van der Waals surface area contributed by atoms with Crippen molar-refractivity contribution in [2.24, 2.45) is 0 Å². The Morgan fingerprint density at radius 2 is 2.17 bits per heavy atom. The fraction of sp³-hybridized carbons (Fsp3) is 0.286. The molecule has 4 nitrogen and oxygen atoms in total. The highest BCUT2D eigenvalue weighted by Crippen LogP contribution is 2.03. The second-order valence-electron chi connectivity index (χ2n) is 3.82. The Kier molecular flexibility index (Phi) is 5.64. The van der Waals surface area contributed by atoms with Crippen LogP contribution in [0.3, 0.4) is 0 Å². The van der Waals surface area contributed by atoms with Crippen molar-refractivity contribution in [2.45, 2.75) is 26.8 Å². The summed E-state index contributed by atoms with van der Waals surface area (Å²) in [5, 5.41) is 2.71. The standard InChI is InChI=1S/C14H18N2O2/c1-3-5-6-7-13(17)15-12-8-9-14(18)16(11-12)10-4-2/h3,5-9,11H,4,10H2,1-2H3,(H,15,17). The molecular formula is C14H18N2O2. The number of carbonyl (C=O) groups is 1. The first-order valence-corrected chi connectivity index (χ1v) is 5.98. The lowest BCUT2D eigenvalue weighted by molar-refractivity contribution is -0.111. The van der Waals surface area contributed by atoms with E-state index in [1.165, 1.54) is 12.1 Å². The van der Waals surface area contributed by atoms with E-state index in [1.807, 2.05) is 19.9 Å². The molecule has 0 aliphatic heterocycles. The molecule has 0 fully saturated rings. The van der Waals surface area contributed by atoms with Crippen LogP contribution < -0.4 is 10.9 Å². The maximum atomic E-state index is 11.5. The zero-order valence-electron chi connectivity index (χ0n) is 10.7. The van der Waals surface area contributed by atoms with Gasteiger partial charge in [0.1, 0.15) is 0 Å². The molecule has 0 unspecified atom stereocenters. The predicted molar refractivity (Wildman–Crippen MR) is 73.6 cm³/mol. The van der Waals surface area contributed by atoms with Gasteiger partial charge in [-0.05, 0) is 19.4 Å². The first-order valence-electron chi connectivity index (χ1n) is 5.98. The van der Waals surface area contributed by atoms with Crippen molar-refractivity contribution in [3.8, 4) is 0 Å². The summed E-state index contributed by atoms with van der Waals surface area (Å²) < 4.78 is 1.59. The van der Waals surface area contributed by atoms with E-state index >= 15 is 0 Å². The maximum absolute atomic E-state index is 11.5. The highest BCUT2D eigenvalue weighted by atomic mass is 16.1. The Morgan fingerprint density at radius 3 is 2.83 bits per heavy atom.